The second kappa shape index (κ2) is 5.26. The van der Waals surface area contributed by atoms with Crippen LogP contribution in [0.15, 0.2) is 18.2 Å². The van der Waals surface area contributed by atoms with Gasteiger partial charge in [0, 0.05) is 11.7 Å². The molecule has 0 aromatic heterocycles. The molecule has 3 rings (SSSR count). The van der Waals surface area contributed by atoms with Crippen LogP contribution < -0.4 is 11.1 Å². The van der Waals surface area contributed by atoms with Crippen LogP contribution in [-0.2, 0) is 11.0 Å². The number of rotatable bonds is 2. The van der Waals surface area contributed by atoms with Gasteiger partial charge in [-0.1, -0.05) is 6.07 Å². The predicted molar refractivity (Wildman–Crippen MR) is 77.1 cm³/mol. The Morgan fingerprint density at radius 3 is 2.55 bits per heavy atom. The Bertz CT molecular complexity index is 598. The zero-order chi connectivity index (χ0) is 16.1. The number of anilines is 1. The third-order valence-electron chi connectivity index (χ3n) is 5.11. The van der Waals surface area contributed by atoms with E-state index >= 15 is 0 Å². The molecule has 0 spiro atoms. The monoisotopic (exact) mass is 312 g/mol. The van der Waals surface area contributed by atoms with Crippen LogP contribution in [0, 0.1) is 24.7 Å². The quantitative estimate of drug-likeness (QED) is 0.880. The van der Waals surface area contributed by atoms with E-state index in [-0.39, 0.29) is 29.5 Å². The summed E-state index contributed by atoms with van der Waals surface area (Å²) in [5.41, 5.74) is 6.18. The number of carbonyl (C=O) groups excluding carboxylic acids is 1. The van der Waals surface area contributed by atoms with Crippen molar-refractivity contribution in [3.8, 4) is 0 Å². The first kappa shape index (κ1) is 15.3. The lowest BCUT2D eigenvalue weighted by atomic mass is 9.84. The first-order chi connectivity index (χ1) is 10.3. The molecule has 4 atom stereocenters. The Morgan fingerprint density at radius 1 is 1.27 bits per heavy atom. The molecule has 1 amide bonds. The van der Waals surface area contributed by atoms with Gasteiger partial charge in [0.25, 0.3) is 0 Å². The molecule has 2 aliphatic rings. The molecule has 6 heteroatoms. The van der Waals surface area contributed by atoms with Crippen LogP contribution in [-0.4, -0.2) is 11.9 Å². The van der Waals surface area contributed by atoms with E-state index in [9.17, 15) is 18.0 Å². The molecule has 0 aliphatic heterocycles. The number of aryl methyl sites for hydroxylation is 1. The average molecular weight is 312 g/mol. The molecule has 1 aromatic carbocycles. The van der Waals surface area contributed by atoms with Gasteiger partial charge >= 0.3 is 6.18 Å². The largest absolute Gasteiger partial charge is 0.416 e. The summed E-state index contributed by atoms with van der Waals surface area (Å²) in [6.07, 6.45) is -1.42. The number of fused-ring (bicyclic) bond motifs is 2. The molecule has 2 fully saturated rings. The fraction of sp³-hybridized carbons (Fsp3) is 0.562. The highest BCUT2D eigenvalue weighted by molar-refractivity contribution is 5.94. The molecule has 2 bridgehead atoms. The van der Waals surface area contributed by atoms with Crippen molar-refractivity contribution in [1.29, 1.82) is 0 Å². The Kier molecular flexibility index (Phi) is 3.67. The first-order valence-electron chi connectivity index (χ1n) is 7.51. The molecule has 0 saturated heterocycles. The van der Waals surface area contributed by atoms with E-state index in [0.717, 1.165) is 31.4 Å². The van der Waals surface area contributed by atoms with Crippen molar-refractivity contribution in [3.63, 3.8) is 0 Å². The minimum Gasteiger partial charge on any atom is -0.327 e. The van der Waals surface area contributed by atoms with Crippen LogP contribution in [0.3, 0.4) is 0 Å². The first-order valence-corrected chi connectivity index (χ1v) is 7.51. The molecule has 4 unspecified atom stereocenters. The number of amides is 1. The Labute approximate surface area is 127 Å². The van der Waals surface area contributed by atoms with E-state index in [0.29, 0.717) is 11.5 Å². The van der Waals surface area contributed by atoms with E-state index < -0.39 is 11.7 Å². The third-order valence-corrected chi connectivity index (χ3v) is 5.11. The van der Waals surface area contributed by atoms with E-state index in [2.05, 4.69) is 5.32 Å². The second-order valence-electron chi connectivity index (χ2n) is 6.45. The number of hydrogen-bond donors (Lipinski definition) is 2. The fourth-order valence-corrected chi connectivity index (χ4v) is 3.87. The molecule has 0 heterocycles. The lowest BCUT2D eigenvalue weighted by molar-refractivity contribution is -0.137. The average Bonchev–Trinajstić information content (AvgIpc) is 3.00. The molecule has 1 aromatic rings. The maximum absolute atomic E-state index is 12.8. The van der Waals surface area contributed by atoms with Gasteiger partial charge in [0.1, 0.15) is 0 Å². The van der Waals surface area contributed by atoms with Gasteiger partial charge in [-0.05, 0) is 55.7 Å². The molecule has 3 N–H and O–H groups in total. The van der Waals surface area contributed by atoms with Gasteiger partial charge in [-0.2, -0.15) is 13.2 Å². The van der Waals surface area contributed by atoms with Gasteiger partial charge in [-0.25, -0.2) is 0 Å². The second-order valence-corrected chi connectivity index (χ2v) is 6.45. The van der Waals surface area contributed by atoms with Crippen molar-refractivity contribution in [2.24, 2.45) is 23.5 Å². The topological polar surface area (TPSA) is 55.1 Å². The van der Waals surface area contributed by atoms with E-state index in [1.54, 1.807) is 6.92 Å². The molecule has 2 aliphatic carbocycles. The molecule has 0 radical (unpaired) electrons. The summed E-state index contributed by atoms with van der Waals surface area (Å²) in [5, 5.41) is 2.66. The normalized spacial score (nSPS) is 30.6. The van der Waals surface area contributed by atoms with E-state index in [4.69, 9.17) is 5.73 Å². The van der Waals surface area contributed by atoms with Crippen molar-refractivity contribution in [2.75, 3.05) is 5.32 Å². The van der Waals surface area contributed by atoms with Crippen molar-refractivity contribution < 1.29 is 18.0 Å². The van der Waals surface area contributed by atoms with Crippen LogP contribution in [0.2, 0.25) is 0 Å². The smallest absolute Gasteiger partial charge is 0.327 e. The van der Waals surface area contributed by atoms with Gasteiger partial charge < -0.3 is 11.1 Å². The standard InChI is InChI=1S/C16H19F3N2O/c1-8-2-5-11(16(17,18)19)7-12(8)21-15(22)13-9-3-4-10(6-9)14(13)20/h2,5,7,9-10,13-14H,3-4,6,20H2,1H3,(H,21,22). The summed E-state index contributed by atoms with van der Waals surface area (Å²) >= 11 is 0. The number of nitrogens with one attached hydrogen (secondary N) is 1. The lowest BCUT2D eigenvalue weighted by Gasteiger charge is -2.27. The van der Waals surface area contributed by atoms with Gasteiger partial charge in [-0.3, -0.25) is 4.79 Å². The van der Waals surface area contributed by atoms with Crippen LogP contribution in [0.25, 0.3) is 0 Å². The Balaban J connectivity index is 1.80. The molecule has 22 heavy (non-hydrogen) atoms. The SMILES string of the molecule is Cc1ccc(C(F)(F)F)cc1NC(=O)C1C2CCC(C2)C1N. The van der Waals surface area contributed by atoms with Crippen LogP contribution in [0.5, 0.6) is 0 Å². The number of carbonyl (C=O) groups is 1. The number of halogens is 3. The van der Waals surface area contributed by atoms with Crippen molar-refractivity contribution in [3.05, 3.63) is 29.3 Å². The zero-order valence-corrected chi connectivity index (χ0v) is 12.3. The van der Waals surface area contributed by atoms with Crippen molar-refractivity contribution >= 4 is 11.6 Å². The highest BCUT2D eigenvalue weighted by Gasteiger charge is 2.49. The van der Waals surface area contributed by atoms with Gasteiger partial charge in [0.05, 0.1) is 11.5 Å². The minimum atomic E-state index is -4.42. The fourth-order valence-electron chi connectivity index (χ4n) is 3.87. The molecular weight excluding hydrogens is 293 g/mol. The number of benzene rings is 1. The van der Waals surface area contributed by atoms with Crippen molar-refractivity contribution in [1.82, 2.24) is 0 Å². The Hall–Kier alpha value is -1.56. The molecule has 3 nitrogen and oxygen atoms in total. The van der Waals surface area contributed by atoms with E-state index in [1.165, 1.54) is 6.07 Å². The maximum Gasteiger partial charge on any atom is 0.416 e. The maximum atomic E-state index is 12.8. The highest BCUT2D eigenvalue weighted by atomic mass is 19.4. The van der Waals surface area contributed by atoms with Crippen LogP contribution >= 0.6 is 0 Å². The summed E-state index contributed by atoms with van der Waals surface area (Å²) in [5.74, 6) is 0.115. The van der Waals surface area contributed by atoms with E-state index in [1.807, 2.05) is 0 Å². The summed E-state index contributed by atoms with van der Waals surface area (Å²) < 4.78 is 38.4. The number of alkyl halides is 3. The van der Waals surface area contributed by atoms with Gasteiger partial charge in [0.2, 0.25) is 5.91 Å². The highest BCUT2D eigenvalue weighted by Crippen LogP contribution is 2.48. The third kappa shape index (κ3) is 2.60. The lowest BCUT2D eigenvalue weighted by Crippen LogP contribution is -2.42. The summed E-state index contributed by atoms with van der Waals surface area (Å²) in [6.45, 7) is 1.68. The van der Waals surface area contributed by atoms with Crippen molar-refractivity contribution in [2.45, 2.75) is 38.4 Å². The molecule has 2 saturated carbocycles. The predicted octanol–water partition coefficient (Wildman–Crippen LogP) is 3.33. The number of nitrogens with two attached hydrogens (primary N) is 1. The molecule has 120 valence electrons. The zero-order valence-electron chi connectivity index (χ0n) is 12.3. The van der Waals surface area contributed by atoms with Crippen LogP contribution in [0.4, 0.5) is 18.9 Å². The minimum absolute atomic E-state index is 0.176. The summed E-state index contributed by atoms with van der Waals surface area (Å²) in [6, 6.07) is 3.21. The summed E-state index contributed by atoms with van der Waals surface area (Å²) in [4.78, 5) is 12.5. The summed E-state index contributed by atoms with van der Waals surface area (Å²) in [7, 11) is 0. The Morgan fingerprint density at radius 2 is 1.95 bits per heavy atom. The molecular formula is C16H19F3N2O. The van der Waals surface area contributed by atoms with Gasteiger partial charge in [0.15, 0.2) is 0 Å². The number of hydrogen-bond acceptors (Lipinski definition) is 2. The van der Waals surface area contributed by atoms with Crippen LogP contribution in [0.1, 0.15) is 30.4 Å². The van der Waals surface area contributed by atoms with Gasteiger partial charge in [-0.15, -0.1) is 0 Å².